The highest BCUT2D eigenvalue weighted by Crippen LogP contribution is 2.33. The summed E-state index contributed by atoms with van der Waals surface area (Å²) in [6.45, 7) is 0. The summed E-state index contributed by atoms with van der Waals surface area (Å²) >= 11 is 10.1. The topological polar surface area (TPSA) is 55.1 Å². The maximum absolute atomic E-state index is 12.1. The minimum Gasteiger partial charge on any atom is -0.399 e. The Morgan fingerprint density at radius 1 is 1.00 bits per heavy atom. The minimum atomic E-state index is -0.182. The first-order chi connectivity index (χ1) is 8.97. The van der Waals surface area contributed by atoms with E-state index < -0.39 is 0 Å². The summed E-state index contributed by atoms with van der Waals surface area (Å²) in [5.74, 6) is -0.182. The van der Waals surface area contributed by atoms with Crippen LogP contribution in [0.2, 0.25) is 0 Å². The van der Waals surface area contributed by atoms with Crippen molar-refractivity contribution in [1.29, 1.82) is 0 Å². The van der Waals surface area contributed by atoms with Gasteiger partial charge in [0.15, 0.2) is 0 Å². The zero-order valence-electron chi connectivity index (χ0n) is 9.58. The third-order valence-corrected chi connectivity index (χ3v) is 4.19. The Balaban J connectivity index is 2.26. The molecule has 0 unspecified atom stereocenters. The molecule has 3 N–H and O–H groups in total. The summed E-state index contributed by atoms with van der Waals surface area (Å²) in [5, 5.41) is 2.84. The first kappa shape index (κ1) is 14.6. The number of halogens is 3. The molecule has 0 aliphatic heterocycles. The van der Waals surface area contributed by atoms with Crippen molar-refractivity contribution in [2.24, 2.45) is 0 Å². The molecule has 0 aliphatic carbocycles. The van der Waals surface area contributed by atoms with E-state index in [1.54, 1.807) is 24.3 Å². The van der Waals surface area contributed by atoms with Crippen LogP contribution in [-0.2, 0) is 0 Å². The van der Waals surface area contributed by atoms with E-state index >= 15 is 0 Å². The van der Waals surface area contributed by atoms with Gasteiger partial charge in [-0.05, 0) is 68.3 Å². The van der Waals surface area contributed by atoms with Gasteiger partial charge in [0.2, 0.25) is 0 Å². The van der Waals surface area contributed by atoms with Crippen LogP contribution in [0, 0.1) is 0 Å². The maximum atomic E-state index is 12.1. The number of nitrogens with one attached hydrogen (secondary N) is 1. The summed E-state index contributed by atoms with van der Waals surface area (Å²) in [4.78, 5) is 12.1. The molecule has 0 saturated carbocycles. The molecule has 3 nitrogen and oxygen atoms in total. The van der Waals surface area contributed by atoms with Crippen molar-refractivity contribution in [3.63, 3.8) is 0 Å². The Kier molecular flexibility index (Phi) is 4.65. The lowest BCUT2D eigenvalue weighted by Gasteiger charge is -2.10. The average Bonchev–Trinajstić information content (AvgIpc) is 2.34. The highest BCUT2D eigenvalue weighted by Gasteiger charge is 2.11. The van der Waals surface area contributed by atoms with Crippen molar-refractivity contribution in [3.8, 4) is 0 Å². The number of benzene rings is 2. The quantitative estimate of drug-likeness (QED) is 0.648. The maximum Gasteiger partial charge on any atom is 0.255 e. The largest absolute Gasteiger partial charge is 0.399 e. The fourth-order valence-electron chi connectivity index (χ4n) is 1.50. The third-order valence-electron chi connectivity index (χ3n) is 2.41. The Morgan fingerprint density at radius 2 is 1.53 bits per heavy atom. The van der Waals surface area contributed by atoms with Gasteiger partial charge in [-0.3, -0.25) is 4.79 Å². The molecular formula is C13H9Br3N2O. The predicted molar refractivity (Wildman–Crippen MR) is 88.3 cm³/mol. The van der Waals surface area contributed by atoms with Gasteiger partial charge < -0.3 is 11.1 Å². The lowest BCUT2D eigenvalue weighted by molar-refractivity contribution is 0.102. The molecule has 0 spiro atoms. The van der Waals surface area contributed by atoms with E-state index in [1.807, 2.05) is 12.1 Å². The van der Waals surface area contributed by atoms with Gasteiger partial charge in [-0.2, -0.15) is 0 Å². The van der Waals surface area contributed by atoms with Crippen molar-refractivity contribution in [3.05, 3.63) is 55.4 Å². The molecule has 0 fully saturated rings. The number of hydrogen-bond donors (Lipinski definition) is 2. The molecule has 0 heterocycles. The van der Waals surface area contributed by atoms with Crippen LogP contribution in [0.15, 0.2) is 49.8 Å². The SMILES string of the molecule is Nc1cc(Br)c(NC(=O)c2ccc(Br)cc2)c(Br)c1. The molecular weight excluding hydrogens is 440 g/mol. The Bertz CT molecular complexity index is 603. The summed E-state index contributed by atoms with van der Waals surface area (Å²) in [6.07, 6.45) is 0. The predicted octanol–water partition coefficient (Wildman–Crippen LogP) is 4.81. The standard InChI is InChI=1S/C13H9Br3N2O/c14-8-3-1-7(2-4-8)13(19)18-12-10(15)5-9(17)6-11(12)16/h1-6H,17H2,(H,18,19). The van der Waals surface area contributed by atoms with E-state index in [0.717, 1.165) is 13.4 Å². The fourth-order valence-corrected chi connectivity index (χ4v) is 3.18. The van der Waals surface area contributed by atoms with E-state index in [1.165, 1.54) is 0 Å². The molecule has 0 bridgehead atoms. The lowest BCUT2D eigenvalue weighted by Crippen LogP contribution is -2.12. The van der Waals surface area contributed by atoms with Crippen molar-refractivity contribution in [2.45, 2.75) is 0 Å². The van der Waals surface area contributed by atoms with Gasteiger partial charge in [0.25, 0.3) is 5.91 Å². The molecule has 2 rings (SSSR count). The molecule has 98 valence electrons. The van der Waals surface area contributed by atoms with Gasteiger partial charge in [-0.15, -0.1) is 0 Å². The van der Waals surface area contributed by atoms with Gasteiger partial charge >= 0.3 is 0 Å². The fraction of sp³-hybridized carbons (Fsp3) is 0. The number of nitrogens with two attached hydrogens (primary N) is 1. The van der Waals surface area contributed by atoms with Crippen LogP contribution in [0.5, 0.6) is 0 Å². The van der Waals surface area contributed by atoms with E-state index in [2.05, 4.69) is 53.1 Å². The molecule has 0 radical (unpaired) electrons. The molecule has 19 heavy (non-hydrogen) atoms. The highest BCUT2D eigenvalue weighted by molar-refractivity contribution is 9.11. The molecule has 0 aliphatic rings. The summed E-state index contributed by atoms with van der Waals surface area (Å²) < 4.78 is 2.38. The van der Waals surface area contributed by atoms with Gasteiger partial charge in [0.1, 0.15) is 0 Å². The van der Waals surface area contributed by atoms with Crippen molar-refractivity contribution < 1.29 is 4.79 Å². The van der Waals surface area contributed by atoms with Crippen molar-refractivity contribution in [1.82, 2.24) is 0 Å². The first-order valence-electron chi connectivity index (χ1n) is 5.29. The summed E-state index contributed by atoms with van der Waals surface area (Å²) in [7, 11) is 0. The van der Waals surface area contributed by atoms with Crippen molar-refractivity contribution in [2.75, 3.05) is 11.1 Å². The monoisotopic (exact) mass is 446 g/mol. The van der Waals surface area contributed by atoms with Crippen LogP contribution in [0.1, 0.15) is 10.4 Å². The Morgan fingerprint density at radius 3 is 2.05 bits per heavy atom. The van der Waals surface area contributed by atoms with E-state index in [9.17, 15) is 4.79 Å². The van der Waals surface area contributed by atoms with Crippen LogP contribution in [0.3, 0.4) is 0 Å². The first-order valence-corrected chi connectivity index (χ1v) is 7.66. The number of carbonyl (C=O) groups excluding carboxylic acids is 1. The number of anilines is 2. The lowest BCUT2D eigenvalue weighted by atomic mass is 10.2. The molecule has 1 amide bonds. The summed E-state index contributed by atoms with van der Waals surface area (Å²) in [6, 6.07) is 10.6. The van der Waals surface area contributed by atoms with Crippen LogP contribution in [-0.4, -0.2) is 5.91 Å². The second-order valence-corrected chi connectivity index (χ2v) is 6.44. The minimum absolute atomic E-state index is 0.182. The van der Waals surface area contributed by atoms with Crippen LogP contribution < -0.4 is 11.1 Å². The van der Waals surface area contributed by atoms with E-state index in [0.29, 0.717) is 16.9 Å². The molecule has 6 heteroatoms. The van der Waals surface area contributed by atoms with Gasteiger partial charge in [0, 0.05) is 24.7 Å². The molecule has 0 aromatic heterocycles. The zero-order chi connectivity index (χ0) is 14.0. The van der Waals surface area contributed by atoms with E-state index in [-0.39, 0.29) is 5.91 Å². The van der Waals surface area contributed by atoms with Gasteiger partial charge in [-0.25, -0.2) is 0 Å². The smallest absolute Gasteiger partial charge is 0.255 e. The van der Waals surface area contributed by atoms with E-state index in [4.69, 9.17) is 5.73 Å². The Labute approximate surface area is 136 Å². The Hall–Kier alpha value is -0.850. The number of amides is 1. The molecule has 0 saturated heterocycles. The van der Waals surface area contributed by atoms with Crippen LogP contribution in [0.25, 0.3) is 0 Å². The second kappa shape index (κ2) is 6.07. The van der Waals surface area contributed by atoms with Crippen LogP contribution in [0.4, 0.5) is 11.4 Å². The molecule has 0 atom stereocenters. The number of nitrogen functional groups attached to an aromatic ring is 1. The second-order valence-electron chi connectivity index (χ2n) is 3.82. The van der Waals surface area contributed by atoms with Crippen LogP contribution >= 0.6 is 47.8 Å². The molecule has 2 aromatic carbocycles. The molecule has 2 aromatic rings. The highest BCUT2D eigenvalue weighted by atomic mass is 79.9. The zero-order valence-corrected chi connectivity index (χ0v) is 14.3. The van der Waals surface area contributed by atoms with Gasteiger partial charge in [0.05, 0.1) is 5.69 Å². The van der Waals surface area contributed by atoms with Gasteiger partial charge in [-0.1, -0.05) is 15.9 Å². The number of carbonyl (C=O) groups is 1. The average molecular weight is 449 g/mol. The summed E-state index contributed by atoms with van der Waals surface area (Å²) in [5.41, 5.74) is 7.56. The van der Waals surface area contributed by atoms with Crippen molar-refractivity contribution >= 4 is 65.1 Å². The number of hydrogen-bond acceptors (Lipinski definition) is 2. The third kappa shape index (κ3) is 3.58. The normalized spacial score (nSPS) is 10.3. The number of rotatable bonds is 2.